The van der Waals surface area contributed by atoms with E-state index in [9.17, 15) is 4.79 Å². The van der Waals surface area contributed by atoms with Gasteiger partial charge in [0.1, 0.15) is 30.2 Å². The van der Waals surface area contributed by atoms with Crippen molar-refractivity contribution in [3.63, 3.8) is 0 Å². The summed E-state index contributed by atoms with van der Waals surface area (Å²) in [5.74, 6) is 2.52. The minimum absolute atomic E-state index is 0.179. The van der Waals surface area contributed by atoms with E-state index in [2.05, 4.69) is 35.8 Å². The van der Waals surface area contributed by atoms with E-state index in [1.807, 2.05) is 35.9 Å². The molecule has 4 aromatic rings. The van der Waals surface area contributed by atoms with E-state index in [1.54, 1.807) is 30.6 Å². The molecule has 10 heteroatoms. The van der Waals surface area contributed by atoms with Crippen LogP contribution >= 0.6 is 0 Å². The number of rotatable bonds is 6. The van der Waals surface area contributed by atoms with Crippen molar-refractivity contribution in [3.8, 4) is 17.3 Å². The Bertz CT molecular complexity index is 1260. The highest BCUT2D eigenvalue weighted by Crippen LogP contribution is 2.31. The van der Waals surface area contributed by atoms with Crippen molar-refractivity contribution in [2.45, 2.75) is 12.6 Å². The fourth-order valence-electron chi connectivity index (χ4n) is 3.52. The van der Waals surface area contributed by atoms with Gasteiger partial charge in [0.15, 0.2) is 11.6 Å². The maximum Gasteiger partial charge on any atom is 0.252 e. The first-order chi connectivity index (χ1) is 15.7. The summed E-state index contributed by atoms with van der Waals surface area (Å²) in [5, 5.41) is 14.7. The van der Waals surface area contributed by atoms with Crippen molar-refractivity contribution in [1.29, 1.82) is 0 Å². The average molecular weight is 428 g/mol. The summed E-state index contributed by atoms with van der Waals surface area (Å²) in [6.45, 7) is 0.804. The Morgan fingerprint density at radius 2 is 2.06 bits per heavy atom. The van der Waals surface area contributed by atoms with Crippen LogP contribution in [-0.2, 0) is 13.6 Å². The molecule has 1 atom stereocenters. The molecular formula is C22H20N8O2. The van der Waals surface area contributed by atoms with Gasteiger partial charge in [0.25, 0.3) is 5.91 Å². The fourth-order valence-corrected chi connectivity index (χ4v) is 3.52. The molecule has 0 fully saturated rings. The quantitative estimate of drug-likeness (QED) is 0.479. The molecule has 0 radical (unpaired) electrons. The third-order valence-corrected chi connectivity index (χ3v) is 5.23. The first-order valence-corrected chi connectivity index (χ1v) is 10.1. The fraction of sp³-hybridized carbons (Fsp3) is 0.182. The van der Waals surface area contributed by atoms with Gasteiger partial charge in [0.05, 0.1) is 12.6 Å². The number of hydrogen-bond donors (Lipinski definition) is 2. The SMILES string of the molecule is Cn1c(CNc2cc(C(=O)N[C@@H]3COc4ccccc43)ccn2)nnc1-c1ccncn1. The van der Waals surface area contributed by atoms with E-state index in [1.165, 1.54) is 6.33 Å². The number of fused-ring (bicyclic) bond motifs is 1. The van der Waals surface area contributed by atoms with Crippen LogP contribution in [0, 0.1) is 0 Å². The molecular weight excluding hydrogens is 408 g/mol. The monoisotopic (exact) mass is 428 g/mol. The summed E-state index contributed by atoms with van der Waals surface area (Å²) in [7, 11) is 1.87. The molecule has 3 aromatic heterocycles. The Hall–Kier alpha value is -4.34. The summed E-state index contributed by atoms with van der Waals surface area (Å²) in [6.07, 6.45) is 4.73. The molecule has 0 aliphatic carbocycles. The van der Waals surface area contributed by atoms with Crippen LogP contribution in [0.3, 0.4) is 0 Å². The van der Waals surface area contributed by atoms with Crippen LogP contribution in [0.5, 0.6) is 5.75 Å². The minimum Gasteiger partial charge on any atom is -0.491 e. The van der Waals surface area contributed by atoms with Gasteiger partial charge in [0, 0.05) is 30.6 Å². The lowest BCUT2D eigenvalue weighted by Gasteiger charge is -2.12. The van der Waals surface area contributed by atoms with Gasteiger partial charge in [-0.3, -0.25) is 4.79 Å². The van der Waals surface area contributed by atoms with Crippen LogP contribution in [0.15, 0.2) is 61.2 Å². The Morgan fingerprint density at radius 3 is 2.94 bits per heavy atom. The van der Waals surface area contributed by atoms with E-state index in [-0.39, 0.29) is 11.9 Å². The molecule has 1 aliphatic rings. The topological polar surface area (TPSA) is 120 Å². The summed E-state index contributed by atoms with van der Waals surface area (Å²) < 4.78 is 7.49. The van der Waals surface area contributed by atoms with E-state index >= 15 is 0 Å². The number of amides is 1. The highest BCUT2D eigenvalue weighted by atomic mass is 16.5. The van der Waals surface area contributed by atoms with E-state index in [4.69, 9.17) is 4.74 Å². The van der Waals surface area contributed by atoms with Crippen molar-refractivity contribution in [1.82, 2.24) is 35.0 Å². The Morgan fingerprint density at radius 1 is 1.16 bits per heavy atom. The van der Waals surface area contributed by atoms with E-state index in [0.717, 1.165) is 11.3 Å². The number of ether oxygens (including phenoxy) is 1. The van der Waals surface area contributed by atoms with Crippen molar-refractivity contribution in [3.05, 3.63) is 78.1 Å². The zero-order chi connectivity index (χ0) is 21.9. The summed E-state index contributed by atoms with van der Waals surface area (Å²) in [4.78, 5) is 25.2. The first-order valence-electron chi connectivity index (χ1n) is 10.1. The highest BCUT2D eigenvalue weighted by molar-refractivity contribution is 5.95. The number of pyridine rings is 1. The van der Waals surface area contributed by atoms with E-state index in [0.29, 0.717) is 41.9 Å². The van der Waals surface area contributed by atoms with Crippen molar-refractivity contribution < 1.29 is 9.53 Å². The third kappa shape index (κ3) is 3.85. The number of aromatic nitrogens is 6. The molecule has 0 saturated carbocycles. The Labute approximate surface area is 183 Å². The van der Waals surface area contributed by atoms with Gasteiger partial charge < -0.3 is 19.9 Å². The summed E-state index contributed by atoms with van der Waals surface area (Å²) in [5.41, 5.74) is 2.18. The number of benzene rings is 1. The molecule has 5 rings (SSSR count). The van der Waals surface area contributed by atoms with Crippen LogP contribution in [0.4, 0.5) is 5.82 Å². The Kier molecular flexibility index (Phi) is 5.16. The van der Waals surface area contributed by atoms with Gasteiger partial charge in [-0.2, -0.15) is 0 Å². The summed E-state index contributed by atoms with van der Waals surface area (Å²) in [6, 6.07) is 12.7. The number of hydrogen-bond acceptors (Lipinski definition) is 8. The molecule has 32 heavy (non-hydrogen) atoms. The molecule has 10 nitrogen and oxygen atoms in total. The largest absolute Gasteiger partial charge is 0.491 e. The number of carbonyl (C=O) groups excluding carboxylic acids is 1. The van der Waals surface area contributed by atoms with Crippen molar-refractivity contribution in [2.24, 2.45) is 7.05 Å². The van der Waals surface area contributed by atoms with E-state index < -0.39 is 0 Å². The first kappa shape index (κ1) is 19.6. The van der Waals surface area contributed by atoms with Crippen molar-refractivity contribution in [2.75, 3.05) is 11.9 Å². The van der Waals surface area contributed by atoms with Gasteiger partial charge in [0.2, 0.25) is 0 Å². The molecule has 0 unspecified atom stereocenters. The van der Waals surface area contributed by atoms with Crippen LogP contribution in [0.25, 0.3) is 11.5 Å². The number of para-hydroxylation sites is 1. The molecule has 0 bridgehead atoms. The second-order valence-corrected chi connectivity index (χ2v) is 7.25. The molecule has 0 spiro atoms. The predicted octanol–water partition coefficient (Wildman–Crippen LogP) is 2.14. The lowest BCUT2D eigenvalue weighted by Crippen LogP contribution is -2.29. The number of nitrogens with zero attached hydrogens (tertiary/aromatic N) is 6. The molecule has 1 aromatic carbocycles. The van der Waals surface area contributed by atoms with Gasteiger partial charge in [-0.1, -0.05) is 18.2 Å². The lowest BCUT2D eigenvalue weighted by molar-refractivity contribution is 0.0930. The molecule has 1 amide bonds. The molecule has 160 valence electrons. The second-order valence-electron chi connectivity index (χ2n) is 7.25. The second kappa shape index (κ2) is 8.42. The summed E-state index contributed by atoms with van der Waals surface area (Å²) >= 11 is 0. The molecule has 1 aliphatic heterocycles. The molecule has 0 saturated heterocycles. The van der Waals surface area contributed by atoms with Crippen LogP contribution < -0.4 is 15.4 Å². The van der Waals surface area contributed by atoms with Gasteiger partial charge in [-0.15, -0.1) is 10.2 Å². The third-order valence-electron chi connectivity index (χ3n) is 5.23. The molecule has 4 heterocycles. The minimum atomic E-state index is -0.189. The number of nitrogens with one attached hydrogen (secondary N) is 2. The maximum atomic E-state index is 12.8. The normalized spacial score (nSPS) is 14.5. The van der Waals surface area contributed by atoms with Crippen LogP contribution in [0.2, 0.25) is 0 Å². The standard InChI is InChI=1S/C22H20N8O2/c1-30-20(28-29-21(30)16-7-8-23-13-26-16)11-25-19-10-14(6-9-24-19)22(31)27-17-12-32-18-5-3-2-4-15(17)18/h2-10,13,17H,11-12H2,1H3,(H,24,25)(H,27,31)/t17-/m1/s1. The van der Waals surface area contributed by atoms with Gasteiger partial charge >= 0.3 is 0 Å². The highest BCUT2D eigenvalue weighted by Gasteiger charge is 2.25. The van der Waals surface area contributed by atoms with Crippen molar-refractivity contribution >= 4 is 11.7 Å². The smallest absolute Gasteiger partial charge is 0.252 e. The van der Waals surface area contributed by atoms with Gasteiger partial charge in [-0.05, 0) is 24.3 Å². The lowest BCUT2D eigenvalue weighted by atomic mass is 10.1. The van der Waals surface area contributed by atoms with Gasteiger partial charge in [-0.25, -0.2) is 15.0 Å². The number of anilines is 1. The van der Waals surface area contributed by atoms with Crippen LogP contribution in [0.1, 0.15) is 27.8 Å². The van der Waals surface area contributed by atoms with Crippen LogP contribution in [-0.4, -0.2) is 42.2 Å². The Balaban J connectivity index is 1.25. The number of carbonyl (C=O) groups is 1. The maximum absolute atomic E-state index is 12.8. The zero-order valence-corrected chi connectivity index (χ0v) is 17.3. The average Bonchev–Trinajstić information content (AvgIpc) is 3.42. The predicted molar refractivity (Wildman–Crippen MR) is 116 cm³/mol. The molecule has 2 N–H and O–H groups in total. The zero-order valence-electron chi connectivity index (χ0n) is 17.3.